The van der Waals surface area contributed by atoms with Crippen molar-refractivity contribution in [3.05, 3.63) is 75.4 Å². The van der Waals surface area contributed by atoms with Crippen LogP contribution in [-0.4, -0.2) is 28.6 Å². The monoisotopic (exact) mass is 518 g/mol. The third-order valence-electron chi connectivity index (χ3n) is 5.33. The van der Waals surface area contributed by atoms with Gasteiger partial charge in [0.05, 0.1) is 11.8 Å². The van der Waals surface area contributed by atoms with Crippen LogP contribution < -0.4 is 5.32 Å². The van der Waals surface area contributed by atoms with Gasteiger partial charge in [0.1, 0.15) is 17.5 Å². The number of nitrogens with one attached hydrogen (secondary N) is 1. The van der Waals surface area contributed by atoms with Crippen LogP contribution in [0.15, 0.2) is 41.3 Å². The number of halogens is 3. The fourth-order valence-corrected chi connectivity index (χ4v) is 4.25. The highest BCUT2D eigenvalue weighted by Gasteiger charge is 2.21. The second-order valence-corrected chi connectivity index (χ2v) is 8.78. The molecule has 190 valence electrons. The molecule has 1 atom stereocenters. The van der Waals surface area contributed by atoms with E-state index < -0.39 is 34.9 Å². The molecule has 3 aromatic rings. The summed E-state index contributed by atoms with van der Waals surface area (Å²) in [5.74, 6) is -4.79. The molecule has 2 N–H and O–H groups in total. The number of anilines is 1. The molecule has 0 radical (unpaired) electrons. The molecule has 10 heteroatoms. The van der Waals surface area contributed by atoms with E-state index in [2.05, 4.69) is 10.3 Å². The Morgan fingerprint density at radius 1 is 1.19 bits per heavy atom. The Bertz CT molecular complexity index is 1280. The van der Waals surface area contributed by atoms with Gasteiger partial charge in [-0.2, -0.15) is 0 Å². The number of hydrogen-bond acceptors (Lipinski definition) is 5. The number of benzene rings is 2. The fourth-order valence-electron chi connectivity index (χ4n) is 3.54. The van der Waals surface area contributed by atoms with Gasteiger partial charge in [-0.15, -0.1) is 11.3 Å². The molecule has 1 amide bonds. The van der Waals surface area contributed by atoms with Crippen molar-refractivity contribution >= 4 is 34.4 Å². The fraction of sp³-hybridized carbons (Fsp3) is 0.269. The van der Waals surface area contributed by atoms with Crippen LogP contribution in [0.4, 0.5) is 18.3 Å². The van der Waals surface area contributed by atoms with Gasteiger partial charge in [0.2, 0.25) is 0 Å². The Hall–Kier alpha value is -3.50. The number of carbonyl (C=O) groups is 2. The van der Waals surface area contributed by atoms with E-state index in [9.17, 15) is 18.4 Å². The van der Waals surface area contributed by atoms with Crippen molar-refractivity contribution in [2.45, 2.75) is 39.7 Å². The van der Waals surface area contributed by atoms with Gasteiger partial charge in [0.25, 0.3) is 5.91 Å². The van der Waals surface area contributed by atoms with Gasteiger partial charge < -0.3 is 9.84 Å². The average molecular weight is 519 g/mol. The zero-order valence-electron chi connectivity index (χ0n) is 19.9. The highest BCUT2D eigenvalue weighted by Crippen LogP contribution is 2.33. The van der Waals surface area contributed by atoms with Crippen molar-refractivity contribution in [3.8, 4) is 11.3 Å². The Morgan fingerprint density at radius 3 is 2.50 bits per heavy atom. The molecule has 0 aliphatic heterocycles. The summed E-state index contributed by atoms with van der Waals surface area (Å²) < 4.78 is 49.8. The molecule has 1 aromatic heterocycles. The standard InChI is InChI=1S/C26H25F3N2O4S/c1-4-7-22(35-5-2)17-9-6-8-16(23(17)29)21-13-36-26(30-21)31-24(32)15-11-19(27)18(20(28)12-15)10-14(3)25(33)34/h6,8-13,22H,4-5,7H2,1-3H3,(H,33,34)(H,30,31,32). The lowest BCUT2D eigenvalue weighted by molar-refractivity contribution is -0.132. The third kappa shape index (κ3) is 6.19. The summed E-state index contributed by atoms with van der Waals surface area (Å²) in [7, 11) is 0. The molecule has 0 aliphatic carbocycles. The largest absolute Gasteiger partial charge is 0.478 e. The molecular formula is C26H25F3N2O4S. The molecule has 1 unspecified atom stereocenters. The molecule has 2 aromatic carbocycles. The smallest absolute Gasteiger partial charge is 0.331 e. The minimum Gasteiger partial charge on any atom is -0.478 e. The van der Waals surface area contributed by atoms with Gasteiger partial charge >= 0.3 is 5.97 Å². The highest BCUT2D eigenvalue weighted by molar-refractivity contribution is 7.14. The Morgan fingerprint density at radius 2 is 1.89 bits per heavy atom. The number of carboxylic acids is 1. The molecule has 0 bridgehead atoms. The molecule has 0 fully saturated rings. The summed E-state index contributed by atoms with van der Waals surface area (Å²) in [6.07, 6.45) is 1.93. The van der Waals surface area contributed by atoms with Crippen molar-refractivity contribution in [1.29, 1.82) is 0 Å². The van der Waals surface area contributed by atoms with Crippen molar-refractivity contribution < 1.29 is 32.6 Å². The first kappa shape index (κ1) is 27.1. The highest BCUT2D eigenvalue weighted by atomic mass is 32.1. The van der Waals surface area contributed by atoms with Gasteiger partial charge in [0, 0.05) is 39.8 Å². The van der Waals surface area contributed by atoms with Gasteiger partial charge in [-0.25, -0.2) is 22.9 Å². The van der Waals surface area contributed by atoms with Crippen molar-refractivity contribution in [3.63, 3.8) is 0 Å². The molecule has 3 rings (SSSR count). The number of carbonyl (C=O) groups excluding carboxylic acids is 1. The van der Waals surface area contributed by atoms with E-state index in [1.165, 1.54) is 6.92 Å². The maximum atomic E-state index is 15.3. The number of thiazole rings is 1. The number of aromatic nitrogens is 1. The van der Waals surface area contributed by atoms with E-state index in [1.54, 1.807) is 23.6 Å². The summed E-state index contributed by atoms with van der Waals surface area (Å²) >= 11 is 1.03. The number of rotatable bonds is 10. The van der Waals surface area contributed by atoms with Crippen molar-refractivity contribution in [1.82, 2.24) is 4.98 Å². The average Bonchev–Trinajstić information content (AvgIpc) is 3.29. The maximum absolute atomic E-state index is 15.3. The molecule has 0 saturated carbocycles. The van der Waals surface area contributed by atoms with Crippen molar-refractivity contribution in [2.24, 2.45) is 0 Å². The van der Waals surface area contributed by atoms with Crippen LogP contribution in [0.2, 0.25) is 0 Å². The summed E-state index contributed by atoms with van der Waals surface area (Å²) in [6.45, 7) is 5.47. The van der Waals surface area contributed by atoms with Crippen LogP contribution in [0.5, 0.6) is 0 Å². The predicted molar refractivity (Wildman–Crippen MR) is 132 cm³/mol. The molecule has 36 heavy (non-hydrogen) atoms. The summed E-state index contributed by atoms with van der Waals surface area (Å²) in [5.41, 5.74) is -0.187. The molecule has 6 nitrogen and oxygen atoms in total. The van der Waals surface area contributed by atoms with E-state index in [4.69, 9.17) is 9.84 Å². The zero-order chi connectivity index (χ0) is 26.4. The third-order valence-corrected chi connectivity index (χ3v) is 6.09. The van der Waals surface area contributed by atoms with E-state index >= 15 is 4.39 Å². The zero-order valence-corrected chi connectivity index (χ0v) is 20.7. The van der Waals surface area contributed by atoms with Crippen LogP contribution in [0.25, 0.3) is 17.3 Å². The Kier molecular flexibility index (Phi) is 9.00. The first-order chi connectivity index (χ1) is 17.2. The normalized spacial score (nSPS) is 12.4. The van der Waals surface area contributed by atoms with Gasteiger partial charge in [-0.1, -0.05) is 25.5 Å². The van der Waals surface area contributed by atoms with Crippen LogP contribution >= 0.6 is 11.3 Å². The summed E-state index contributed by atoms with van der Waals surface area (Å²) in [4.78, 5) is 27.8. The second-order valence-electron chi connectivity index (χ2n) is 7.92. The number of nitrogens with zero attached hydrogens (tertiary/aromatic N) is 1. The van der Waals surface area contributed by atoms with Gasteiger partial charge in [0.15, 0.2) is 5.13 Å². The Labute approximate surface area is 210 Å². The van der Waals surface area contributed by atoms with E-state index in [1.807, 2.05) is 13.8 Å². The number of aliphatic carboxylic acids is 1. The predicted octanol–water partition coefficient (Wildman–Crippen LogP) is 6.85. The molecule has 1 heterocycles. The number of amides is 1. The lowest BCUT2D eigenvalue weighted by Crippen LogP contribution is -2.13. The van der Waals surface area contributed by atoms with Gasteiger partial charge in [-0.3, -0.25) is 10.1 Å². The topological polar surface area (TPSA) is 88.5 Å². The molecule has 0 aliphatic rings. The van der Waals surface area contributed by atoms with Crippen molar-refractivity contribution in [2.75, 3.05) is 11.9 Å². The first-order valence-electron chi connectivity index (χ1n) is 11.2. The van der Waals surface area contributed by atoms with Crippen LogP contribution in [-0.2, 0) is 9.53 Å². The second kappa shape index (κ2) is 12.0. The Balaban J connectivity index is 1.83. The maximum Gasteiger partial charge on any atom is 0.331 e. The number of carboxylic acid groups (broad SMARTS) is 1. The van der Waals surface area contributed by atoms with Gasteiger partial charge in [-0.05, 0) is 44.5 Å². The van der Waals surface area contributed by atoms with Crippen LogP contribution in [0.3, 0.4) is 0 Å². The molecule has 0 saturated heterocycles. The van der Waals surface area contributed by atoms with Crippen LogP contribution in [0.1, 0.15) is 61.2 Å². The number of ether oxygens (including phenoxy) is 1. The SMILES string of the molecule is CCCC(OCC)c1cccc(-c2csc(NC(=O)c3cc(F)c(C=C(C)C(=O)O)c(F)c3)n2)c1F. The molecular weight excluding hydrogens is 493 g/mol. The van der Waals surface area contributed by atoms with E-state index in [0.29, 0.717) is 24.3 Å². The lowest BCUT2D eigenvalue weighted by Gasteiger charge is -2.18. The van der Waals surface area contributed by atoms with Crippen LogP contribution in [0, 0.1) is 17.5 Å². The summed E-state index contributed by atoms with van der Waals surface area (Å²) in [5, 5.41) is 13.0. The van der Waals surface area contributed by atoms with E-state index in [0.717, 1.165) is 36.0 Å². The minimum absolute atomic E-state index is 0.112. The minimum atomic E-state index is -1.32. The lowest BCUT2D eigenvalue weighted by atomic mass is 10.0. The molecule has 0 spiro atoms. The quantitative estimate of drug-likeness (QED) is 0.287. The van der Waals surface area contributed by atoms with E-state index in [-0.39, 0.29) is 27.9 Å². The first-order valence-corrected chi connectivity index (χ1v) is 12.1. The summed E-state index contributed by atoms with van der Waals surface area (Å²) in [6, 6.07) is 6.56. The number of hydrogen-bond donors (Lipinski definition) is 2.